The molecule has 9 heteroatoms. The van der Waals surface area contributed by atoms with Crippen LogP contribution in [0.4, 0.5) is 14.9 Å². The summed E-state index contributed by atoms with van der Waals surface area (Å²) >= 11 is 0. The molecule has 3 aromatic rings. The molecular formula is C32H36FN5O3. The standard InChI is InChI=1S/C32H36FN5O3/c33-26-14-7-15-27(19-26)36-32(41)38-17-16-37(30(38)29(39)35-21-23-9-6-8-22(18-23)20-34)31(40)28(25-12-4-5-13-25)24-10-2-1-3-11-24/h1-3,6-11,14-15,18-19,25,28,30H,4-5,12-13,16-17,20-21,34H2,(H,35,39)(H,36,41). The number of carbonyl (C=O) groups excluding carboxylic acids is 3. The van der Waals surface area contributed by atoms with E-state index in [-0.39, 0.29) is 37.1 Å². The van der Waals surface area contributed by atoms with Crippen LogP contribution in [0.2, 0.25) is 0 Å². The van der Waals surface area contributed by atoms with Gasteiger partial charge in [-0.25, -0.2) is 9.18 Å². The molecule has 2 fully saturated rings. The molecule has 4 N–H and O–H groups in total. The second-order valence-corrected chi connectivity index (χ2v) is 10.7. The van der Waals surface area contributed by atoms with Crippen LogP contribution >= 0.6 is 0 Å². The van der Waals surface area contributed by atoms with E-state index in [4.69, 9.17) is 5.73 Å². The van der Waals surface area contributed by atoms with E-state index in [1.807, 2.05) is 54.6 Å². The summed E-state index contributed by atoms with van der Waals surface area (Å²) in [5.74, 6) is -1.34. The number of rotatable bonds is 8. The predicted octanol–water partition coefficient (Wildman–Crippen LogP) is 4.58. The number of halogens is 1. The highest BCUT2D eigenvalue weighted by atomic mass is 19.1. The van der Waals surface area contributed by atoms with E-state index in [2.05, 4.69) is 10.6 Å². The third-order valence-electron chi connectivity index (χ3n) is 8.02. The number of carbonyl (C=O) groups is 3. The summed E-state index contributed by atoms with van der Waals surface area (Å²) in [7, 11) is 0. The highest BCUT2D eigenvalue weighted by Crippen LogP contribution is 2.39. The van der Waals surface area contributed by atoms with Crippen molar-refractivity contribution in [1.82, 2.24) is 15.1 Å². The molecule has 1 saturated heterocycles. The SMILES string of the molecule is NCc1cccc(CNC(=O)C2N(C(=O)Nc3cccc(F)c3)CCN2C(=O)C(c2ccccc2)C2CCCC2)c1. The van der Waals surface area contributed by atoms with Crippen molar-refractivity contribution in [3.63, 3.8) is 0 Å². The molecule has 3 aromatic carbocycles. The maximum Gasteiger partial charge on any atom is 0.323 e. The Kier molecular flexibility index (Phi) is 8.94. The van der Waals surface area contributed by atoms with Crippen molar-refractivity contribution in [2.75, 3.05) is 18.4 Å². The van der Waals surface area contributed by atoms with Crippen LogP contribution in [0.15, 0.2) is 78.9 Å². The van der Waals surface area contributed by atoms with Gasteiger partial charge in [-0.3, -0.25) is 14.5 Å². The van der Waals surface area contributed by atoms with Crippen LogP contribution in [0.3, 0.4) is 0 Å². The molecule has 2 aliphatic rings. The van der Waals surface area contributed by atoms with Gasteiger partial charge < -0.3 is 21.3 Å². The van der Waals surface area contributed by atoms with E-state index in [1.165, 1.54) is 28.0 Å². The molecule has 0 spiro atoms. The number of urea groups is 1. The van der Waals surface area contributed by atoms with E-state index < -0.39 is 29.8 Å². The first-order valence-electron chi connectivity index (χ1n) is 14.2. The number of nitrogens with one attached hydrogen (secondary N) is 2. The average molecular weight is 558 g/mol. The number of hydrogen-bond donors (Lipinski definition) is 3. The third-order valence-corrected chi connectivity index (χ3v) is 8.02. The van der Waals surface area contributed by atoms with Gasteiger partial charge in [0.1, 0.15) is 5.82 Å². The average Bonchev–Trinajstić information content (AvgIpc) is 3.68. The first-order chi connectivity index (χ1) is 19.9. The number of nitrogens with zero attached hydrogens (tertiary/aromatic N) is 2. The number of nitrogens with two attached hydrogens (primary N) is 1. The van der Waals surface area contributed by atoms with E-state index in [0.29, 0.717) is 6.54 Å². The van der Waals surface area contributed by atoms with Gasteiger partial charge in [-0.15, -0.1) is 0 Å². The van der Waals surface area contributed by atoms with Gasteiger partial charge in [0.2, 0.25) is 5.91 Å². The van der Waals surface area contributed by atoms with Gasteiger partial charge >= 0.3 is 6.03 Å². The van der Waals surface area contributed by atoms with E-state index in [1.54, 1.807) is 6.07 Å². The number of anilines is 1. The normalized spacial score (nSPS) is 17.9. The second kappa shape index (κ2) is 13.0. The van der Waals surface area contributed by atoms with E-state index in [9.17, 15) is 18.8 Å². The topological polar surface area (TPSA) is 108 Å². The summed E-state index contributed by atoms with van der Waals surface area (Å²) in [4.78, 5) is 44.4. The molecule has 214 valence electrons. The highest BCUT2D eigenvalue weighted by molar-refractivity contribution is 5.97. The third kappa shape index (κ3) is 6.57. The lowest BCUT2D eigenvalue weighted by molar-refractivity contribution is -0.143. The Morgan fingerprint density at radius 2 is 1.59 bits per heavy atom. The number of hydrogen-bond acceptors (Lipinski definition) is 4. The van der Waals surface area contributed by atoms with Crippen molar-refractivity contribution in [3.8, 4) is 0 Å². The van der Waals surface area contributed by atoms with Crippen molar-refractivity contribution in [1.29, 1.82) is 0 Å². The van der Waals surface area contributed by atoms with E-state index in [0.717, 1.165) is 42.4 Å². The first kappa shape index (κ1) is 28.3. The van der Waals surface area contributed by atoms with Crippen molar-refractivity contribution < 1.29 is 18.8 Å². The quantitative estimate of drug-likeness (QED) is 0.377. The number of benzene rings is 3. The minimum absolute atomic E-state index is 0.158. The van der Waals surface area contributed by atoms with Gasteiger partial charge in [0.25, 0.3) is 5.91 Å². The Morgan fingerprint density at radius 3 is 2.32 bits per heavy atom. The molecular weight excluding hydrogens is 521 g/mol. The van der Waals surface area contributed by atoms with Crippen molar-refractivity contribution in [2.45, 2.75) is 50.9 Å². The summed E-state index contributed by atoms with van der Waals surface area (Å²) in [5.41, 5.74) is 8.76. The fourth-order valence-electron chi connectivity index (χ4n) is 6.01. The van der Waals surface area contributed by atoms with Crippen LogP contribution < -0.4 is 16.4 Å². The first-order valence-corrected chi connectivity index (χ1v) is 14.2. The van der Waals surface area contributed by atoms with E-state index >= 15 is 0 Å². The lowest BCUT2D eigenvalue weighted by Gasteiger charge is -2.33. The number of amides is 4. The molecule has 2 atom stereocenters. The lowest BCUT2D eigenvalue weighted by Crippen LogP contribution is -2.55. The van der Waals surface area contributed by atoms with Crippen molar-refractivity contribution in [3.05, 3.63) is 101 Å². The summed E-state index contributed by atoms with van der Waals surface area (Å²) in [6, 6.07) is 22.3. The smallest absolute Gasteiger partial charge is 0.323 e. The minimum Gasteiger partial charge on any atom is -0.349 e. The van der Waals surface area contributed by atoms with Crippen LogP contribution in [-0.4, -0.2) is 46.9 Å². The fourth-order valence-corrected chi connectivity index (χ4v) is 6.01. The zero-order valence-corrected chi connectivity index (χ0v) is 23.0. The molecule has 8 nitrogen and oxygen atoms in total. The lowest BCUT2D eigenvalue weighted by atomic mass is 9.83. The van der Waals surface area contributed by atoms with Gasteiger partial charge in [0.05, 0.1) is 5.92 Å². The molecule has 2 unspecified atom stereocenters. The van der Waals surface area contributed by atoms with Crippen LogP contribution in [-0.2, 0) is 22.7 Å². The fraction of sp³-hybridized carbons (Fsp3) is 0.344. The molecule has 41 heavy (non-hydrogen) atoms. The molecule has 0 radical (unpaired) electrons. The Morgan fingerprint density at radius 1 is 0.878 bits per heavy atom. The molecule has 0 aromatic heterocycles. The minimum atomic E-state index is -1.15. The van der Waals surface area contributed by atoms with Gasteiger partial charge in [-0.1, -0.05) is 73.5 Å². The van der Waals surface area contributed by atoms with Crippen LogP contribution in [0, 0.1) is 11.7 Å². The van der Waals surface area contributed by atoms with Gasteiger partial charge in [-0.05, 0) is 53.6 Å². The van der Waals surface area contributed by atoms with Crippen LogP contribution in [0.25, 0.3) is 0 Å². The zero-order chi connectivity index (χ0) is 28.8. The van der Waals surface area contributed by atoms with Gasteiger partial charge in [0, 0.05) is 31.9 Å². The monoisotopic (exact) mass is 557 g/mol. The highest BCUT2D eigenvalue weighted by Gasteiger charge is 2.46. The maximum atomic E-state index is 14.3. The molecule has 1 aliphatic heterocycles. The summed E-state index contributed by atoms with van der Waals surface area (Å²) in [6.45, 7) is 0.976. The second-order valence-electron chi connectivity index (χ2n) is 10.7. The largest absolute Gasteiger partial charge is 0.349 e. The maximum absolute atomic E-state index is 14.3. The van der Waals surface area contributed by atoms with Crippen LogP contribution in [0.1, 0.15) is 48.3 Å². The Balaban J connectivity index is 1.42. The molecule has 1 saturated carbocycles. The molecule has 4 amide bonds. The molecule has 1 heterocycles. The Labute approximate surface area is 239 Å². The van der Waals surface area contributed by atoms with Gasteiger partial charge in [-0.2, -0.15) is 0 Å². The summed E-state index contributed by atoms with van der Waals surface area (Å²) < 4.78 is 13.8. The molecule has 5 rings (SSSR count). The Hall–Kier alpha value is -4.24. The van der Waals surface area contributed by atoms with Crippen LogP contribution in [0.5, 0.6) is 0 Å². The predicted molar refractivity (Wildman–Crippen MR) is 155 cm³/mol. The molecule has 0 bridgehead atoms. The summed E-state index contributed by atoms with van der Waals surface area (Å²) in [6.07, 6.45) is 2.86. The van der Waals surface area contributed by atoms with Crippen molar-refractivity contribution >= 4 is 23.5 Å². The van der Waals surface area contributed by atoms with Gasteiger partial charge in [0.15, 0.2) is 6.17 Å². The zero-order valence-electron chi connectivity index (χ0n) is 23.0. The molecule has 1 aliphatic carbocycles. The summed E-state index contributed by atoms with van der Waals surface area (Å²) in [5, 5.41) is 5.62. The van der Waals surface area contributed by atoms with Crippen molar-refractivity contribution in [2.24, 2.45) is 11.7 Å². The Bertz CT molecular complexity index is 1380.